The van der Waals surface area contributed by atoms with Gasteiger partial charge in [0.2, 0.25) is 0 Å². The summed E-state index contributed by atoms with van der Waals surface area (Å²) in [5, 5.41) is 13.0. The Morgan fingerprint density at radius 3 is 2.65 bits per heavy atom. The highest BCUT2D eigenvalue weighted by Gasteiger charge is 2.51. The van der Waals surface area contributed by atoms with Crippen molar-refractivity contribution >= 4 is 5.97 Å². The first-order valence-electron chi connectivity index (χ1n) is 7.16. The summed E-state index contributed by atoms with van der Waals surface area (Å²) in [6.07, 6.45) is 6.94. The standard InChI is InChI=1S/C14H25NO2/c1-3-5-11(4-2)15-13-10-7-6-9(8-10)12(13)14(16)17/h9-13,15H,3-8H2,1-2H3,(H,16,17). The SMILES string of the molecule is CCCC(CC)NC1C2CCC(C2)C1C(=O)O. The van der Waals surface area contributed by atoms with Gasteiger partial charge in [-0.1, -0.05) is 20.3 Å². The van der Waals surface area contributed by atoms with Crippen LogP contribution in [0, 0.1) is 17.8 Å². The quantitative estimate of drug-likeness (QED) is 0.749. The van der Waals surface area contributed by atoms with Crippen molar-refractivity contribution in [1.29, 1.82) is 0 Å². The molecular weight excluding hydrogens is 214 g/mol. The number of aliphatic carboxylic acids is 1. The fraction of sp³-hybridized carbons (Fsp3) is 0.929. The number of hydrogen-bond acceptors (Lipinski definition) is 2. The summed E-state index contributed by atoms with van der Waals surface area (Å²) in [7, 11) is 0. The van der Waals surface area contributed by atoms with Crippen molar-refractivity contribution in [1.82, 2.24) is 5.32 Å². The molecule has 0 radical (unpaired) electrons. The van der Waals surface area contributed by atoms with Crippen molar-refractivity contribution in [2.45, 2.75) is 64.5 Å². The average Bonchev–Trinajstić information content (AvgIpc) is 2.88. The van der Waals surface area contributed by atoms with Crippen LogP contribution in [0.15, 0.2) is 0 Å². The molecule has 0 aromatic carbocycles. The Hall–Kier alpha value is -0.570. The van der Waals surface area contributed by atoms with Gasteiger partial charge in [0.15, 0.2) is 0 Å². The topological polar surface area (TPSA) is 49.3 Å². The zero-order chi connectivity index (χ0) is 12.4. The smallest absolute Gasteiger partial charge is 0.308 e. The van der Waals surface area contributed by atoms with Crippen LogP contribution in [0.2, 0.25) is 0 Å². The molecule has 2 aliphatic rings. The van der Waals surface area contributed by atoms with Crippen molar-refractivity contribution in [2.24, 2.45) is 17.8 Å². The molecule has 2 fully saturated rings. The Morgan fingerprint density at radius 1 is 1.35 bits per heavy atom. The van der Waals surface area contributed by atoms with E-state index in [4.69, 9.17) is 0 Å². The number of carboxylic acid groups (broad SMARTS) is 1. The van der Waals surface area contributed by atoms with Gasteiger partial charge in [-0.2, -0.15) is 0 Å². The Balaban J connectivity index is 2.00. The van der Waals surface area contributed by atoms with Crippen LogP contribution in [0.1, 0.15) is 52.4 Å². The summed E-state index contributed by atoms with van der Waals surface area (Å²) >= 11 is 0. The van der Waals surface area contributed by atoms with Gasteiger partial charge < -0.3 is 10.4 Å². The van der Waals surface area contributed by atoms with Crippen LogP contribution in [-0.4, -0.2) is 23.2 Å². The van der Waals surface area contributed by atoms with Crippen LogP contribution in [0.4, 0.5) is 0 Å². The molecule has 17 heavy (non-hydrogen) atoms. The van der Waals surface area contributed by atoms with E-state index in [2.05, 4.69) is 19.2 Å². The molecule has 5 atom stereocenters. The van der Waals surface area contributed by atoms with Gasteiger partial charge in [0, 0.05) is 12.1 Å². The van der Waals surface area contributed by atoms with E-state index in [0.29, 0.717) is 17.9 Å². The van der Waals surface area contributed by atoms with Gasteiger partial charge >= 0.3 is 5.97 Å². The Bertz CT molecular complexity index is 279. The second kappa shape index (κ2) is 5.38. The van der Waals surface area contributed by atoms with Gasteiger partial charge in [0.25, 0.3) is 0 Å². The molecule has 0 aromatic rings. The van der Waals surface area contributed by atoms with E-state index in [9.17, 15) is 9.90 Å². The predicted octanol–water partition coefficient (Wildman–Crippen LogP) is 2.65. The number of hydrogen-bond donors (Lipinski definition) is 2. The fourth-order valence-corrected chi connectivity index (χ4v) is 3.91. The molecule has 3 nitrogen and oxygen atoms in total. The maximum atomic E-state index is 11.4. The van der Waals surface area contributed by atoms with E-state index in [1.54, 1.807) is 0 Å². The highest BCUT2D eigenvalue weighted by Crippen LogP contribution is 2.48. The first-order valence-corrected chi connectivity index (χ1v) is 7.16. The van der Waals surface area contributed by atoms with E-state index in [1.165, 1.54) is 12.8 Å². The molecule has 2 rings (SSSR count). The zero-order valence-corrected chi connectivity index (χ0v) is 11.0. The van der Waals surface area contributed by atoms with Crippen molar-refractivity contribution in [3.05, 3.63) is 0 Å². The number of nitrogens with one attached hydrogen (secondary N) is 1. The highest BCUT2D eigenvalue weighted by molar-refractivity contribution is 5.72. The lowest BCUT2D eigenvalue weighted by Crippen LogP contribution is -2.48. The molecule has 2 saturated carbocycles. The average molecular weight is 239 g/mol. The van der Waals surface area contributed by atoms with Gasteiger partial charge in [-0.15, -0.1) is 0 Å². The minimum atomic E-state index is -0.582. The molecule has 3 heteroatoms. The largest absolute Gasteiger partial charge is 0.481 e. The molecule has 2 aliphatic carbocycles. The van der Waals surface area contributed by atoms with Gasteiger partial charge in [-0.25, -0.2) is 0 Å². The Morgan fingerprint density at radius 2 is 2.06 bits per heavy atom. The second-order valence-electron chi connectivity index (χ2n) is 5.78. The molecule has 0 amide bonds. The van der Waals surface area contributed by atoms with Crippen molar-refractivity contribution in [2.75, 3.05) is 0 Å². The van der Waals surface area contributed by atoms with Gasteiger partial charge in [-0.3, -0.25) is 4.79 Å². The van der Waals surface area contributed by atoms with Crippen LogP contribution in [-0.2, 0) is 4.79 Å². The molecule has 0 heterocycles. The Labute approximate surface area is 104 Å². The minimum absolute atomic E-state index is 0.125. The molecule has 0 aliphatic heterocycles. The van der Waals surface area contributed by atoms with Crippen molar-refractivity contribution < 1.29 is 9.90 Å². The molecule has 0 aromatic heterocycles. The lowest BCUT2D eigenvalue weighted by molar-refractivity contribution is -0.144. The number of carboxylic acids is 1. The number of fused-ring (bicyclic) bond motifs is 2. The van der Waals surface area contributed by atoms with E-state index in [-0.39, 0.29) is 12.0 Å². The zero-order valence-electron chi connectivity index (χ0n) is 11.0. The number of rotatable bonds is 6. The summed E-state index contributed by atoms with van der Waals surface area (Å²) in [4.78, 5) is 11.4. The summed E-state index contributed by atoms with van der Waals surface area (Å²) in [5.74, 6) is 0.349. The molecule has 2 N–H and O–H groups in total. The summed E-state index contributed by atoms with van der Waals surface area (Å²) < 4.78 is 0. The maximum Gasteiger partial charge on any atom is 0.308 e. The molecule has 0 saturated heterocycles. The third-order valence-electron chi connectivity index (χ3n) is 4.76. The van der Waals surface area contributed by atoms with E-state index in [1.807, 2.05) is 0 Å². The lowest BCUT2D eigenvalue weighted by atomic mass is 9.84. The second-order valence-corrected chi connectivity index (χ2v) is 5.78. The van der Waals surface area contributed by atoms with Crippen molar-refractivity contribution in [3.8, 4) is 0 Å². The monoisotopic (exact) mass is 239 g/mol. The summed E-state index contributed by atoms with van der Waals surface area (Å²) in [5.41, 5.74) is 0. The first kappa shape index (κ1) is 12.9. The molecule has 0 spiro atoms. The first-order chi connectivity index (χ1) is 8.17. The van der Waals surface area contributed by atoms with Gasteiger partial charge in [0.1, 0.15) is 0 Å². The third-order valence-corrected chi connectivity index (χ3v) is 4.76. The predicted molar refractivity (Wildman–Crippen MR) is 67.9 cm³/mol. The lowest BCUT2D eigenvalue weighted by Gasteiger charge is -2.32. The van der Waals surface area contributed by atoms with Crippen molar-refractivity contribution in [3.63, 3.8) is 0 Å². The normalized spacial score (nSPS) is 37.3. The minimum Gasteiger partial charge on any atom is -0.481 e. The van der Waals surface area contributed by atoms with Crippen LogP contribution >= 0.6 is 0 Å². The van der Waals surface area contributed by atoms with Crippen LogP contribution in [0.5, 0.6) is 0 Å². The summed E-state index contributed by atoms with van der Waals surface area (Å²) in [6.45, 7) is 4.39. The van der Waals surface area contributed by atoms with Gasteiger partial charge in [0.05, 0.1) is 5.92 Å². The maximum absolute atomic E-state index is 11.4. The molecular formula is C14H25NO2. The van der Waals surface area contributed by atoms with Gasteiger partial charge in [-0.05, 0) is 43.9 Å². The number of carbonyl (C=O) groups is 1. The molecule has 5 unspecified atom stereocenters. The van der Waals surface area contributed by atoms with E-state index < -0.39 is 5.97 Å². The highest BCUT2D eigenvalue weighted by atomic mass is 16.4. The van der Waals surface area contributed by atoms with Crippen LogP contribution < -0.4 is 5.32 Å². The Kier molecular flexibility index (Phi) is 4.08. The van der Waals surface area contributed by atoms with E-state index >= 15 is 0 Å². The van der Waals surface area contributed by atoms with Crippen LogP contribution in [0.3, 0.4) is 0 Å². The summed E-state index contributed by atoms with van der Waals surface area (Å²) in [6, 6.07) is 0.744. The van der Waals surface area contributed by atoms with Crippen LogP contribution in [0.25, 0.3) is 0 Å². The van der Waals surface area contributed by atoms with E-state index in [0.717, 1.165) is 25.7 Å². The molecule has 98 valence electrons. The third kappa shape index (κ3) is 2.49. The fourth-order valence-electron chi connectivity index (χ4n) is 3.91. The molecule has 2 bridgehead atoms.